The average molecular weight is 534 g/mol. The smallest absolute Gasteiger partial charge is 0.300 e. The SMILES string of the molecule is COc1ccc(/C(O)=C2\C(=O)C(=O)N(c3ccccc3C)C2c2cccc(Oc3ccccc3)c2)cc1C(C)C. The van der Waals surface area contributed by atoms with Crippen LogP contribution in [0, 0.1) is 6.92 Å². The summed E-state index contributed by atoms with van der Waals surface area (Å²) in [6.45, 7) is 5.94. The number of hydrogen-bond donors (Lipinski definition) is 1. The van der Waals surface area contributed by atoms with Crippen molar-refractivity contribution in [2.75, 3.05) is 12.0 Å². The highest BCUT2D eigenvalue weighted by Gasteiger charge is 2.47. The zero-order valence-corrected chi connectivity index (χ0v) is 22.9. The third kappa shape index (κ3) is 4.96. The van der Waals surface area contributed by atoms with Crippen LogP contribution in [-0.4, -0.2) is 23.9 Å². The van der Waals surface area contributed by atoms with Crippen molar-refractivity contribution in [1.82, 2.24) is 0 Å². The lowest BCUT2D eigenvalue weighted by Crippen LogP contribution is -2.30. The first kappa shape index (κ1) is 26.8. The summed E-state index contributed by atoms with van der Waals surface area (Å²) in [5.41, 5.74) is 3.40. The number of ether oxygens (including phenoxy) is 2. The van der Waals surface area contributed by atoms with Gasteiger partial charge in [-0.25, -0.2) is 0 Å². The van der Waals surface area contributed by atoms with Gasteiger partial charge < -0.3 is 14.6 Å². The molecule has 1 aliphatic rings. The third-order valence-electron chi connectivity index (χ3n) is 7.10. The Kier molecular flexibility index (Phi) is 7.43. The van der Waals surface area contributed by atoms with Crippen molar-refractivity contribution >= 4 is 23.1 Å². The van der Waals surface area contributed by atoms with Crippen molar-refractivity contribution < 1.29 is 24.2 Å². The van der Waals surface area contributed by atoms with Gasteiger partial charge in [0.25, 0.3) is 11.7 Å². The first-order chi connectivity index (χ1) is 19.3. The molecule has 5 rings (SSSR count). The van der Waals surface area contributed by atoms with E-state index in [1.165, 1.54) is 4.90 Å². The Morgan fingerprint density at radius 1 is 0.850 bits per heavy atom. The maximum absolute atomic E-state index is 13.7. The standard InChI is InChI=1S/C34H31NO5/c1-21(2)27-20-24(17-18-29(27)39-4)32(36)30-31(35(34(38)33(30)37)28-16-9-8-11-22(28)3)23-12-10-15-26(19-23)40-25-13-6-5-7-14-25/h5-21,31,36H,1-4H3/b32-30+. The molecule has 1 aliphatic heterocycles. The molecule has 40 heavy (non-hydrogen) atoms. The lowest BCUT2D eigenvalue weighted by atomic mass is 9.93. The topological polar surface area (TPSA) is 76.1 Å². The predicted octanol–water partition coefficient (Wildman–Crippen LogP) is 7.55. The summed E-state index contributed by atoms with van der Waals surface area (Å²) >= 11 is 0. The Hall–Kier alpha value is -4.84. The Labute approximate surface area is 234 Å². The van der Waals surface area contributed by atoms with Gasteiger partial charge in [0.2, 0.25) is 0 Å². The number of hydrogen-bond acceptors (Lipinski definition) is 5. The third-order valence-corrected chi connectivity index (χ3v) is 7.10. The molecule has 1 saturated heterocycles. The normalized spacial score (nSPS) is 16.4. The Bertz CT molecular complexity index is 1610. The lowest BCUT2D eigenvalue weighted by Gasteiger charge is -2.27. The number of ketones is 1. The van der Waals surface area contributed by atoms with E-state index in [1.54, 1.807) is 25.3 Å². The molecular formula is C34H31NO5. The van der Waals surface area contributed by atoms with Crippen molar-refractivity contribution in [1.29, 1.82) is 0 Å². The molecule has 1 unspecified atom stereocenters. The zero-order valence-electron chi connectivity index (χ0n) is 22.9. The lowest BCUT2D eigenvalue weighted by molar-refractivity contribution is -0.132. The second kappa shape index (κ2) is 11.1. The highest BCUT2D eigenvalue weighted by molar-refractivity contribution is 6.51. The maximum Gasteiger partial charge on any atom is 0.300 e. The molecule has 6 heteroatoms. The van der Waals surface area contributed by atoms with Crippen LogP contribution in [-0.2, 0) is 9.59 Å². The van der Waals surface area contributed by atoms with Crippen molar-refractivity contribution in [3.8, 4) is 17.2 Å². The van der Waals surface area contributed by atoms with Crippen LogP contribution in [0.2, 0.25) is 0 Å². The van der Waals surface area contributed by atoms with E-state index in [0.29, 0.717) is 34.1 Å². The second-order valence-electron chi connectivity index (χ2n) is 10.1. The van der Waals surface area contributed by atoms with Crippen LogP contribution in [0.3, 0.4) is 0 Å². The number of amides is 1. The molecule has 0 bridgehead atoms. The van der Waals surface area contributed by atoms with Crippen LogP contribution in [0.1, 0.15) is 48.1 Å². The fraction of sp³-hybridized carbons (Fsp3) is 0.176. The molecule has 6 nitrogen and oxygen atoms in total. The number of nitrogens with zero attached hydrogens (tertiary/aromatic N) is 1. The summed E-state index contributed by atoms with van der Waals surface area (Å²) in [5, 5.41) is 11.7. The molecule has 0 radical (unpaired) electrons. The molecule has 1 N–H and O–H groups in total. The van der Waals surface area contributed by atoms with Gasteiger partial charge in [0.05, 0.1) is 18.7 Å². The molecule has 0 aliphatic carbocycles. The molecule has 0 spiro atoms. The average Bonchev–Trinajstić information content (AvgIpc) is 3.23. The summed E-state index contributed by atoms with van der Waals surface area (Å²) in [6.07, 6.45) is 0. The quantitative estimate of drug-likeness (QED) is 0.151. The van der Waals surface area contributed by atoms with E-state index in [0.717, 1.165) is 11.1 Å². The second-order valence-corrected chi connectivity index (χ2v) is 10.1. The molecule has 4 aromatic carbocycles. The van der Waals surface area contributed by atoms with Crippen LogP contribution in [0.4, 0.5) is 5.69 Å². The van der Waals surface area contributed by atoms with E-state index in [-0.39, 0.29) is 17.3 Å². The number of anilines is 1. The van der Waals surface area contributed by atoms with E-state index in [4.69, 9.17) is 9.47 Å². The van der Waals surface area contributed by atoms with Crippen LogP contribution < -0.4 is 14.4 Å². The molecule has 1 atom stereocenters. The Balaban J connectivity index is 1.70. The number of rotatable bonds is 7. The molecule has 1 amide bonds. The number of para-hydroxylation sites is 2. The maximum atomic E-state index is 13.7. The Morgan fingerprint density at radius 2 is 1.55 bits per heavy atom. The minimum absolute atomic E-state index is 0.0185. The van der Waals surface area contributed by atoms with Gasteiger partial charge in [-0.2, -0.15) is 0 Å². The van der Waals surface area contributed by atoms with Gasteiger partial charge in [0.1, 0.15) is 23.0 Å². The molecule has 1 fully saturated rings. The van der Waals surface area contributed by atoms with Gasteiger partial charge in [0.15, 0.2) is 0 Å². The van der Waals surface area contributed by atoms with E-state index in [1.807, 2.05) is 99.6 Å². The number of carbonyl (C=O) groups excluding carboxylic acids is 2. The van der Waals surface area contributed by atoms with Crippen molar-refractivity contribution in [2.45, 2.75) is 32.7 Å². The summed E-state index contributed by atoms with van der Waals surface area (Å²) in [5.74, 6) is 0.319. The fourth-order valence-corrected chi connectivity index (χ4v) is 5.09. The molecule has 1 heterocycles. The van der Waals surface area contributed by atoms with E-state index in [2.05, 4.69) is 0 Å². The highest BCUT2D eigenvalue weighted by Crippen LogP contribution is 2.44. The first-order valence-corrected chi connectivity index (χ1v) is 13.2. The number of aliphatic hydroxyl groups excluding tert-OH is 1. The summed E-state index contributed by atoms with van der Waals surface area (Å²) < 4.78 is 11.6. The summed E-state index contributed by atoms with van der Waals surface area (Å²) in [4.78, 5) is 28.7. The zero-order chi connectivity index (χ0) is 28.4. The van der Waals surface area contributed by atoms with Gasteiger partial charge >= 0.3 is 0 Å². The number of aliphatic hydroxyl groups is 1. The molecular weight excluding hydrogens is 502 g/mol. The van der Waals surface area contributed by atoms with Gasteiger partial charge in [-0.3, -0.25) is 14.5 Å². The minimum atomic E-state index is -0.870. The molecule has 0 saturated carbocycles. The van der Waals surface area contributed by atoms with E-state index in [9.17, 15) is 14.7 Å². The van der Waals surface area contributed by atoms with Crippen LogP contribution in [0.15, 0.2) is 103 Å². The fourth-order valence-electron chi connectivity index (χ4n) is 5.09. The van der Waals surface area contributed by atoms with Crippen LogP contribution in [0.5, 0.6) is 17.2 Å². The Morgan fingerprint density at radius 3 is 2.25 bits per heavy atom. The van der Waals surface area contributed by atoms with Gasteiger partial charge in [-0.05, 0) is 78.1 Å². The number of carbonyl (C=O) groups is 2. The number of methoxy groups -OCH3 is 1. The number of Topliss-reactive ketones (excluding diaryl/α,β-unsaturated/α-hetero) is 1. The highest BCUT2D eigenvalue weighted by atomic mass is 16.5. The molecule has 4 aromatic rings. The van der Waals surface area contributed by atoms with Crippen molar-refractivity contribution in [3.05, 3.63) is 125 Å². The monoisotopic (exact) mass is 533 g/mol. The number of aryl methyl sites for hydroxylation is 1. The van der Waals surface area contributed by atoms with Gasteiger partial charge in [-0.15, -0.1) is 0 Å². The molecule has 0 aromatic heterocycles. The van der Waals surface area contributed by atoms with Crippen molar-refractivity contribution in [2.24, 2.45) is 0 Å². The van der Waals surface area contributed by atoms with Crippen molar-refractivity contribution in [3.63, 3.8) is 0 Å². The largest absolute Gasteiger partial charge is 0.507 e. The van der Waals surface area contributed by atoms with E-state index >= 15 is 0 Å². The predicted molar refractivity (Wildman–Crippen MR) is 156 cm³/mol. The number of benzene rings is 4. The summed E-state index contributed by atoms with van der Waals surface area (Å²) in [6, 6.07) is 28.4. The first-order valence-electron chi connectivity index (χ1n) is 13.2. The van der Waals surface area contributed by atoms with Crippen LogP contribution >= 0.6 is 0 Å². The molecule has 202 valence electrons. The minimum Gasteiger partial charge on any atom is -0.507 e. The van der Waals surface area contributed by atoms with E-state index < -0.39 is 17.7 Å². The van der Waals surface area contributed by atoms with Gasteiger partial charge in [0, 0.05) is 11.3 Å². The van der Waals surface area contributed by atoms with Crippen LogP contribution in [0.25, 0.3) is 5.76 Å². The van der Waals surface area contributed by atoms with Gasteiger partial charge in [-0.1, -0.05) is 62.4 Å². The summed E-state index contributed by atoms with van der Waals surface area (Å²) in [7, 11) is 1.60.